The van der Waals surface area contributed by atoms with Crippen LogP contribution < -0.4 is 5.32 Å². The molecule has 2 aromatic rings. The Balaban J connectivity index is 1.78. The molecule has 0 atom stereocenters. The maximum Gasteiger partial charge on any atom is 0.340 e. The van der Waals surface area contributed by atoms with Gasteiger partial charge in [-0.1, -0.05) is 47.5 Å². The Kier molecular flexibility index (Phi) is 6.64. The Bertz CT molecular complexity index is 747. The summed E-state index contributed by atoms with van der Waals surface area (Å²) >= 11 is 11.7. The Labute approximate surface area is 150 Å². The van der Waals surface area contributed by atoms with Crippen molar-refractivity contribution >= 4 is 35.1 Å². The molecule has 0 aliphatic heterocycles. The lowest BCUT2D eigenvalue weighted by Crippen LogP contribution is -2.30. The first-order chi connectivity index (χ1) is 11.5. The van der Waals surface area contributed by atoms with Crippen molar-refractivity contribution in [2.75, 3.05) is 13.2 Å². The first kappa shape index (κ1) is 18.3. The quantitative estimate of drug-likeness (QED) is 0.791. The third-order valence-electron chi connectivity index (χ3n) is 3.46. The SMILES string of the molecule is Cc1ccccc1CCNC(=O)COC(=O)c1cc(Cl)ccc1Cl. The van der Waals surface area contributed by atoms with Crippen molar-refractivity contribution in [3.05, 3.63) is 69.2 Å². The van der Waals surface area contributed by atoms with Gasteiger partial charge in [0.15, 0.2) is 6.61 Å². The number of hydrogen-bond donors (Lipinski definition) is 1. The average molecular weight is 366 g/mol. The minimum absolute atomic E-state index is 0.136. The highest BCUT2D eigenvalue weighted by Gasteiger charge is 2.14. The van der Waals surface area contributed by atoms with E-state index >= 15 is 0 Å². The van der Waals surface area contributed by atoms with Gasteiger partial charge in [-0.2, -0.15) is 0 Å². The van der Waals surface area contributed by atoms with Crippen molar-refractivity contribution < 1.29 is 14.3 Å². The molecule has 1 amide bonds. The van der Waals surface area contributed by atoms with Crippen molar-refractivity contribution in [1.82, 2.24) is 5.32 Å². The van der Waals surface area contributed by atoms with Crippen molar-refractivity contribution in [1.29, 1.82) is 0 Å². The summed E-state index contributed by atoms with van der Waals surface area (Å²) in [7, 11) is 0. The van der Waals surface area contributed by atoms with Crippen LogP contribution in [0.5, 0.6) is 0 Å². The summed E-state index contributed by atoms with van der Waals surface area (Å²) in [6.07, 6.45) is 0.715. The zero-order chi connectivity index (χ0) is 17.5. The van der Waals surface area contributed by atoms with Gasteiger partial charge in [0.2, 0.25) is 0 Å². The summed E-state index contributed by atoms with van der Waals surface area (Å²) in [6.45, 7) is 2.13. The van der Waals surface area contributed by atoms with Gasteiger partial charge in [-0.05, 0) is 42.7 Å². The van der Waals surface area contributed by atoms with Gasteiger partial charge in [-0.15, -0.1) is 0 Å². The number of halogens is 2. The van der Waals surface area contributed by atoms with Crippen LogP contribution in [0, 0.1) is 6.92 Å². The van der Waals surface area contributed by atoms with Gasteiger partial charge in [0.1, 0.15) is 0 Å². The van der Waals surface area contributed by atoms with E-state index in [1.165, 1.54) is 23.3 Å². The molecule has 0 aliphatic carbocycles. The topological polar surface area (TPSA) is 55.4 Å². The fourth-order valence-electron chi connectivity index (χ4n) is 2.14. The predicted molar refractivity (Wildman–Crippen MR) is 94.6 cm³/mol. The Morgan fingerprint density at radius 1 is 1.12 bits per heavy atom. The van der Waals surface area contributed by atoms with Crippen LogP contribution in [0.15, 0.2) is 42.5 Å². The van der Waals surface area contributed by atoms with E-state index in [1.54, 1.807) is 6.07 Å². The van der Waals surface area contributed by atoms with E-state index in [0.717, 1.165) is 0 Å². The number of ether oxygens (including phenoxy) is 1. The van der Waals surface area contributed by atoms with Crippen molar-refractivity contribution in [2.24, 2.45) is 0 Å². The van der Waals surface area contributed by atoms with E-state index in [1.807, 2.05) is 31.2 Å². The largest absolute Gasteiger partial charge is 0.452 e. The predicted octanol–water partition coefficient (Wildman–Crippen LogP) is 3.82. The molecule has 0 aliphatic rings. The number of esters is 1. The maximum atomic E-state index is 11.9. The molecule has 0 radical (unpaired) electrons. The maximum absolute atomic E-state index is 11.9. The van der Waals surface area contributed by atoms with Crippen LogP contribution in [0.25, 0.3) is 0 Å². The molecule has 0 fully saturated rings. The summed E-state index contributed by atoms with van der Waals surface area (Å²) in [5, 5.41) is 3.31. The lowest BCUT2D eigenvalue weighted by Gasteiger charge is -2.09. The van der Waals surface area contributed by atoms with Crippen LogP contribution in [-0.2, 0) is 16.0 Å². The van der Waals surface area contributed by atoms with E-state index in [0.29, 0.717) is 18.0 Å². The lowest BCUT2D eigenvalue weighted by atomic mass is 10.1. The molecular weight excluding hydrogens is 349 g/mol. The zero-order valence-corrected chi connectivity index (χ0v) is 14.7. The number of hydrogen-bond acceptors (Lipinski definition) is 3. The standard InChI is InChI=1S/C18H17Cl2NO3/c1-12-4-2-3-5-13(12)8-9-21-17(22)11-24-18(23)15-10-14(19)6-7-16(15)20/h2-7,10H,8-9,11H2,1H3,(H,21,22). The van der Waals surface area contributed by atoms with E-state index in [9.17, 15) is 9.59 Å². The third-order valence-corrected chi connectivity index (χ3v) is 4.03. The second-order valence-electron chi connectivity index (χ2n) is 5.23. The Morgan fingerprint density at radius 2 is 1.88 bits per heavy atom. The molecule has 0 aromatic heterocycles. The molecule has 2 aromatic carbocycles. The van der Waals surface area contributed by atoms with Crippen LogP contribution in [0.3, 0.4) is 0 Å². The minimum Gasteiger partial charge on any atom is -0.452 e. The first-order valence-corrected chi connectivity index (χ1v) is 8.16. The highest BCUT2D eigenvalue weighted by atomic mass is 35.5. The zero-order valence-electron chi connectivity index (χ0n) is 13.1. The molecule has 0 spiro atoms. The molecule has 1 N–H and O–H groups in total. The smallest absolute Gasteiger partial charge is 0.340 e. The first-order valence-electron chi connectivity index (χ1n) is 7.41. The van der Waals surface area contributed by atoms with Crippen LogP contribution in [0.1, 0.15) is 21.5 Å². The van der Waals surface area contributed by atoms with Gasteiger partial charge >= 0.3 is 5.97 Å². The molecule has 0 heterocycles. The van der Waals surface area contributed by atoms with E-state index in [2.05, 4.69) is 5.32 Å². The number of carbonyl (C=O) groups is 2. The number of carbonyl (C=O) groups excluding carboxylic acids is 2. The minimum atomic E-state index is -0.684. The molecule has 0 unspecified atom stereocenters. The van der Waals surface area contributed by atoms with Crippen LogP contribution in [0.2, 0.25) is 10.0 Å². The van der Waals surface area contributed by atoms with E-state index in [4.69, 9.17) is 27.9 Å². The van der Waals surface area contributed by atoms with E-state index < -0.39 is 5.97 Å². The summed E-state index contributed by atoms with van der Waals surface area (Å²) in [4.78, 5) is 23.7. The number of nitrogens with one attached hydrogen (secondary N) is 1. The van der Waals surface area contributed by atoms with Crippen LogP contribution in [0.4, 0.5) is 0 Å². The summed E-state index contributed by atoms with van der Waals surface area (Å²) in [5.41, 5.74) is 2.48. The van der Waals surface area contributed by atoms with Gasteiger partial charge in [0.05, 0.1) is 10.6 Å². The summed E-state index contributed by atoms with van der Waals surface area (Å²) < 4.78 is 4.96. The third kappa shape index (κ3) is 5.25. The molecule has 0 bridgehead atoms. The molecule has 6 heteroatoms. The fraction of sp³-hybridized carbons (Fsp3) is 0.222. The van der Waals surface area contributed by atoms with Gasteiger partial charge < -0.3 is 10.1 Å². The molecule has 4 nitrogen and oxygen atoms in total. The number of benzene rings is 2. The molecule has 2 rings (SSSR count). The van der Waals surface area contributed by atoms with Gasteiger partial charge in [-0.3, -0.25) is 4.79 Å². The van der Waals surface area contributed by atoms with Gasteiger partial charge in [0, 0.05) is 11.6 Å². The van der Waals surface area contributed by atoms with Crippen LogP contribution >= 0.6 is 23.2 Å². The second-order valence-corrected chi connectivity index (χ2v) is 6.07. The lowest BCUT2D eigenvalue weighted by molar-refractivity contribution is -0.124. The molecule has 0 saturated carbocycles. The van der Waals surface area contributed by atoms with Crippen LogP contribution in [-0.4, -0.2) is 25.0 Å². The van der Waals surface area contributed by atoms with Crippen molar-refractivity contribution in [3.8, 4) is 0 Å². The Hall–Kier alpha value is -2.04. The fourth-order valence-corrected chi connectivity index (χ4v) is 2.51. The molecule has 126 valence electrons. The molecule has 0 saturated heterocycles. The highest BCUT2D eigenvalue weighted by Crippen LogP contribution is 2.21. The summed E-state index contributed by atoms with van der Waals surface area (Å²) in [5.74, 6) is -1.05. The van der Waals surface area contributed by atoms with Gasteiger partial charge in [-0.25, -0.2) is 4.79 Å². The Morgan fingerprint density at radius 3 is 2.62 bits per heavy atom. The average Bonchev–Trinajstić information content (AvgIpc) is 2.56. The molecule has 24 heavy (non-hydrogen) atoms. The normalized spacial score (nSPS) is 10.3. The summed E-state index contributed by atoms with van der Waals surface area (Å²) in [6, 6.07) is 12.4. The van der Waals surface area contributed by atoms with E-state index in [-0.39, 0.29) is 23.1 Å². The monoisotopic (exact) mass is 365 g/mol. The highest BCUT2D eigenvalue weighted by molar-refractivity contribution is 6.35. The second kappa shape index (κ2) is 8.71. The number of amides is 1. The van der Waals surface area contributed by atoms with Gasteiger partial charge in [0.25, 0.3) is 5.91 Å². The number of aryl methyl sites for hydroxylation is 1. The number of rotatable bonds is 6. The van der Waals surface area contributed by atoms with Crippen molar-refractivity contribution in [2.45, 2.75) is 13.3 Å². The van der Waals surface area contributed by atoms with Crippen molar-refractivity contribution in [3.63, 3.8) is 0 Å². The molecular formula is C18H17Cl2NO3.